The summed E-state index contributed by atoms with van der Waals surface area (Å²) in [5, 5.41) is 0.590. The van der Waals surface area contributed by atoms with Crippen LogP contribution in [0.2, 0.25) is 5.15 Å². The highest BCUT2D eigenvalue weighted by atomic mass is 35.5. The number of anilines is 1. The standard InChI is InChI=1S/C10H13ClN2/c1-13-7-3-2-4-8-5-6-9(11)12-10(8)13/h5-6H,2-4,7H2,1H3. The van der Waals surface area contributed by atoms with Crippen molar-refractivity contribution in [3.8, 4) is 0 Å². The second kappa shape index (κ2) is 3.54. The van der Waals surface area contributed by atoms with E-state index in [0.29, 0.717) is 5.15 Å². The van der Waals surface area contributed by atoms with Crippen molar-refractivity contribution in [3.05, 3.63) is 22.8 Å². The number of aryl methyl sites for hydroxylation is 1. The number of rotatable bonds is 0. The van der Waals surface area contributed by atoms with Gasteiger partial charge in [-0.3, -0.25) is 0 Å². The number of hydrogen-bond acceptors (Lipinski definition) is 2. The van der Waals surface area contributed by atoms with Crippen molar-refractivity contribution in [1.82, 2.24) is 4.98 Å². The first-order chi connectivity index (χ1) is 6.27. The SMILES string of the molecule is CN1CCCCc2ccc(Cl)nc21. The molecule has 2 heterocycles. The van der Waals surface area contributed by atoms with Crippen LogP contribution in [0.4, 0.5) is 5.82 Å². The van der Waals surface area contributed by atoms with Crippen molar-refractivity contribution >= 4 is 17.4 Å². The molecule has 0 saturated carbocycles. The maximum atomic E-state index is 5.86. The number of fused-ring (bicyclic) bond motifs is 1. The molecule has 0 N–H and O–H groups in total. The number of pyridine rings is 1. The van der Waals surface area contributed by atoms with Gasteiger partial charge in [0.1, 0.15) is 11.0 Å². The maximum absolute atomic E-state index is 5.86. The van der Waals surface area contributed by atoms with Crippen molar-refractivity contribution < 1.29 is 0 Å². The van der Waals surface area contributed by atoms with E-state index in [9.17, 15) is 0 Å². The summed E-state index contributed by atoms with van der Waals surface area (Å²) in [6.07, 6.45) is 3.62. The molecule has 1 aliphatic heterocycles. The van der Waals surface area contributed by atoms with Crippen LogP contribution < -0.4 is 4.90 Å². The van der Waals surface area contributed by atoms with Gasteiger partial charge in [-0.15, -0.1) is 0 Å². The number of halogens is 1. The van der Waals surface area contributed by atoms with Crippen LogP contribution in [0, 0.1) is 0 Å². The zero-order chi connectivity index (χ0) is 9.26. The van der Waals surface area contributed by atoms with Crippen LogP contribution in [0.3, 0.4) is 0 Å². The molecule has 0 unspecified atom stereocenters. The lowest BCUT2D eigenvalue weighted by Crippen LogP contribution is -2.19. The van der Waals surface area contributed by atoms with E-state index in [-0.39, 0.29) is 0 Å². The van der Waals surface area contributed by atoms with Crippen LogP contribution in [0.15, 0.2) is 12.1 Å². The molecule has 0 saturated heterocycles. The summed E-state index contributed by atoms with van der Waals surface area (Å²) in [4.78, 5) is 6.53. The summed E-state index contributed by atoms with van der Waals surface area (Å²) in [6, 6.07) is 3.96. The quantitative estimate of drug-likeness (QED) is 0.593. The van der Waals surface area contributed by atoms with Gasteiger partial charge in [0, 0.05) is 13.6 Å². The average molecular weight is 197 g/mol. The molecule has 0 bridgehead atoms. The van der Waals surface area contributed by atoms with Gasteiger partial charge < -0.3 is 4.90 Å². The van der Waals surface area contributed by atoms with Crippen LogP contribution in [-0.4, -0.2) is 18.6 Å². The van der Waals surface area contributed by atoms with Gasteiger partial charge in [0.05, 0.1) is 0 Å². The molecule has 0 amide bonds. The summed E-state index contributed by atoms with van der Waals surface area (Å²) in [6.45, 7) is 1.08. The van der Waals surface area contributed by atoms with Crippen LogP contribution in [0.25, 0.3) is 0 Å². The van der Waals surface area contributed by atoms with Crippen molar-refractivity contribution in [2.24, 2.45) is 0 Å². The van der Waals surface area contributed by atoms with E-state index in [0.717, 1.165) is 18.8 Å². The molecule has 1 aliphatic rings. The van der Waals surface area contributed by atoms with Gasteiger partial charge in [0.2, 0.25) is 0 Å². The summed E-state index contributed by atoms with van der Waals surface area (Å²) in [5.41, 5.74) is 1.32. The molecule has 0 atom stereocenters. The summed E-state index contributed by atoms with van der Waals surface area (Å²) in [5.74, 6) is 1.06. The van der Waals surface area contributed by atoms with Crippen LogP contribution in [0.1, 0.15) is 18.4 Å². The molecule has 1 aromatic heterocycles. The Hall–Kier alpha value is -0.760. The molecule has 0 fully saturated rings. The fourth-order valence-electron chi connectivity index (χ4n) is 1.75. The second-order valence-corrected chi connectivity index (χ2v) is 3.88. The van der Waals surface area contributed by atoms with Gasteiger partial charge in [-0.05, 0) is 30.9 Å². The van der Waals surface area contributed by atoms with Gasteiger partial charge in [0.25, 0.3) is 0 Å². The van der Waals surface area contributed by atoms with Crippen molar-refractivity contribution in [3.63, 3.8) is 0 Å². The normalized spacial score (nSPS) is 16.6. The van der Waals surface area contributed by atoms with Crippen molar-refractivity contribution in [2.45, 2.75) is 19.3 Å². The van der Waals surface area contributed by atoms with Crippen LogP contribution in [-0.2, 0) is 6.42 Å². The van der Waals surface area contributed by atoms with E-state index in [2.05, 4.69) is 23.0 Å². The third-order valence-corrected chi connectivity index (χ3v) is 2.68. The maximum Gasteiger partial charge on any atom is 0.133 e. The van der Waals surface area contributed by atoms with Gasteiger partial charge >= 0.3 is 0 Å². The molecule has 3 heteroatoms. The predicted octanol–water partition coefficient (Wildman–Crippen LogP) is 2.51. The van der Waals surface area contributed by atoms with Crippen LogP contribution in [0.5, 0.6) is 0 Å². The summed E-state index contributed by atoms with van der Waals surface area (Å²) >= 11 is 5.86. The molecule has 0 spiro atoms. The number of aromatic nitrogens is 1. The average Bonchev–Trinajstić information content (AvgIpc) is 2.29. The van der Waals surface area contributed by atoms with Gasteiger partial charge in [-0.1, -0.05) is 17.7 Å². The summed E-state index contributed by atoms with van der Waals surface area (Å²) in [7, 11) is 2.08. The molecule has 0 aromatic carbocycles. The highest BCUT2D eigenvalue weighted by Crippen LogP contribution is 2.24. The Morgan fingerprint density at radius 2 is 2.23 bits per heavy atom. The first-order valence-corrected chi connectivity index (χ1v) is 5.02. The lowest BCUT2D eigenvalue weighted by molar-refractivity contribution is 0.748. The predicted molar refractivity (Wildman–Crippen MR) is 55.5 cm³/mol. The van der Waals surface area contributed by atoms with E-state index in [1.165, 1.54) is 18.4 Å². The lowest BCUT2D eigenvalue weighted by atomic mass is 10.1. The fourth-order valence-corrected chi connectivity index (χ4v) is 1.89. The van der Waals surface area contributed by atoms with Gasteiger partial charge in [-0.25, -0.2) is 4.98 Å². The van der Waals surface area contributed by atoms with Gasteiger partial charge in [-0.2, -0.15) is 0 Å². The minimum Gasteiger partial charge on any atom is -0.359 e. The zero-order valence-corrected chi connectivity index (χ0v) is 8.51. The van der Waals surface area contributed by atoms with E-state index in [4.69, 9.17) is 11.6 Å². The monoisotopic (exact) mass is 196 g/mol. The highest BCUT2D eigenvalue weighted by molar-refractivity contribution is 6.29. The highest BCUT2D eigenvalue weighted by Gasteiger charge is 2.13. The largest absolute Gasteiger partial charge is 0.359 e. The Morgan fingerprint density at radius 1 is 1.38 bits per heavy atom. The Kier molecular flexibility index (Phi) is 2.40. The minimum absolute atomic E-state index is 0.590. The molecule has 0 aliphatic carbocycles. The molecule has 2 nitrogen and oxygen atoms in total. The molecular weight excluding hydrogens is 184 g/mol. The van der Waals surface area contributed by atoms with E-state index >= 15 is 0 Å². The second-order valence-electron chi connectivity index (χ2n) is 3.50. The minimum atomic E-state index is 0.590. The Morgan fingerprint density at radius 3 is 3.08 bits per heavy atom. The third kappa shape index (κ3) is 1.78. The smallest absolute Gasteiger partial charge is 0.133 e. The Labute approximate surface area is 83.5 Å². The zero-order valence-electron chi connectivity index (χ0n) is 7.76. The first-order valence-electron chi connectivity index (χ1n) is 4.64. The molecule has 0 radical (unpaired) electrons. The molecule has 2 rings (SSSR count). The third-order valence-electron chi connectivity index (χ3n) is 2.47. The van der Waals surface area contributed by atoms with Crippen molar-refractivity contribution in [1.29, 1.82) is 0 Å². The Bertz CT molecular complexity index is 312. The van der Waals surface area contributed by atoms with Crippen LogP contribution >= 0.6 is 11.6 Å². The van der Waals surface area contributed by atoms with Gasteiger partial charge in [0.15, 0.2) is 0 Å². The first kappa shape index (κ1) is 8.82. The van der Waals surface area contributed by atoms with Crippen molar-refractivity contribution in [2.75, 3.05) is 18.5 Å². The van der Waals surface area contributed by atoms with E-state index in [1.807, 2.05) is 6.07 Å². The topological polar surface area (TPSA) is 16.1 Å². The number of nitrogens with zero attached hydrogens (tertiary/aromatic N) is 2. The number of hydrogen-bond donors (Lipinski definition) is 0. The van der Waals surface area contributed by atoms with E-state index < -0.39 is 0 Å². The Balaban J connectivity index is 2.43. The lowest BCUT2D eigenvalue weighted by Gasteiger charge is -2.17. The molecule has 13 heavy (non-hydrogen) atoms. The molecule has 1 aromatic rings. The fraction of sp³-hybridized carbons (Fsp3) is 0.500. The molecule has 70 valence electrons. The van der Waals surface area contributed by atoms with E-state index in [1.54, 1.807) is 0 Å². The summed E-state index contributed by atoms with van der Waals surface area (Å²) < 4.78 is 0. The molecular formula is C10H13ClN2.